The number of rotatable bonds is 16. The summed E-state index contributed by atoms with van der Waals surface area (Å²) in [5.74, 6) is -0.731. The highest BCUT2D eigenvalue weighted by Crippen LogP contribution is 2.14. The first-order valence-corrected chi connectivity index (χ1v) is 11.8. The SMILES string of the molecule is CCCCCCCCCCCCOC(=O)c1cccc(C(=O)OC(C)C(C)CC)n1. The maximum Gasteiger partial charge on any atom is 0.357 e. The molecule has 0 bridgehead atoms. The Hall–Kier alpha value is -1.91. The molecule has 0 spiro atoms. The second-order valence-corrected chi connectivity index (χ2v) is 8.22. The number of ether oxygens (including phenoxy) is 2. The Balaban J connectivity index is 2.26. The molecule has 0 fully saturated rings. The highest BCUT2D eigenvalue weighted by Gasteiger charge is 2.19. The van der Waals surface area contributed by atoms with Crippen molar-refractivity contribution >= 4 is 11.9 Å². The van der Waals surface area contributed by atoms with Crippen molar-refractivity contribution in [2.75, 3.05) is 6.61 Å². The molecule has 1 heterocycles. The molecule has 0 saturated heterocycles. The van der Waals surface area contributed by atoms with E-state index < -0.39 is 11.9 Å². The molecule has 170 valence electrons. The second-order valence-electron chi connectivity index (χ2n) is 8.22. The number of unbranched alkanes of at least 4 members (excludes halogenated alkanes) is 9. The molecule has 1 aromatic rings. The number of nitrogens with zero attached hydrogens (tertiary/aromatic N) is 1. The Bertz CT molecular complexity index is 617. The third-order valence-electron chi connectivity index (χ3n) is 5.64. The van der Waals surface area contributed by atoms with Crippen LogP contribution in [0.5, 0.6) is 0 Å². The minimum Gasteiger partial charge on any atom is -0.461 e. The number of esters is 2. The number of aromatic nitrogens is 1. The topological polar surface area (TPSA) is 65.5 Å². The number of hydrogen-bond donors (Lipinski definition) is 0. The van der Waals surface area contributed by atoms with Crippen molar-refractivity contribution in [2.24, 2.45) is 5.92 Å². The number of pyridine rings is 1. The Morgan fingerprint density at radius 2 is 1.37 bits per heavy atom. The summed E-state index contributed by atoms with van der Waals surface area (Å²) < 4.78 is 10.8. The van der Waals surface area contributed by atoms with Gasteiger partial charge in [0.1, 0.15) is 17.5 Å². The fourth-order valence-corrected chi connectivity index (χ4v) is 3.17. The third kappa shape index (κ3) is 10.7. The van der Waals surface area contributed by atoms with Crippen molar-refractivity contribution in [2.45, 2.75) is 104 Å². The van der Waals surface area contributed by atoms with Crippen molar-refractivity contribution in [3.05, 3.63) is 29.6 Å². The molecule has 30 heavy (non-hydrogen) atoms. The van der Waals surface area contributed by atoms with Crippen molar-refractivity contribution in [1.29, 1.82) is 0 Å². The maximum atomic E-state index is 12.3. The normalized spacial score (nSPS) is 12.9. The van der Waals surface area contributed by atoms with Gasteiger partial charge < -0.3 is 9.47 Å². The molecule has 0 aliphatic carbocycles. The Morgan fingerprint density at radius 1 is 0.833 bits per heavy atom. The number of carbonyl (C=O) groups excluding carboxylic acids is 2. The molecule has 0 aliphatic rings. The van der Waals surface area contributed by atoms with E-state index in [1.165, 1.54) is 51.4 Å². The molecule has 2 atom stereocenters. The monoisotopic (exact) mass is 419 g/mol. The van der Waals surface area contributed by atoms with Crippen LogP contribution in [-0.4, -0.2) is 29.6 Å². The molecule has 0 aliphatic heterocycles. The predicted octanol–water partition coefficient (Wildman–Crippen LogP) is 6.75. The van der Waals surface area contributed by atoms with Gasteiger partial charge in [-0.3, -0.25) is 0 Å². The number of carbonyl (C=O) groups is 2. The third-order valence-corrected chi connectivity index (χ3v) is 5.64. The molecule has 0 radical (unpaired) electrons. The summed E-state index contributed by atoms with van der Waals surface area (Å²) in [5, 5.41) is 0. The lowest BCUT2D eigenvalue weighted by molar-refractivity contribution is 0.0206. The fourth-order valence-electron chi connectivity index (χ4n) is 3.17. The van der Waals surface area contributed by atoms with Gasteiger partial charge in [-0.15, -0.1) is 0 Å². The van der Waals surface area contributed by atoms with E-state index >= 15 is 0 Å². The summed E-state index contributed by atoms with van der Waals surface area (Å²) in [6.07, 6.45) is 13.1. The largest absolute Gasteiger partial charge is 0.461 e. The summed E-state index contributed by atoms with van der Waals surface area (Å²) in [5.41, 5.74) is 0.284. The molecule has 0 N–H and O–H groups in total. The lowest BCUT2D eigenvalue weighted by Gasteiger charge is -2.18. The van der Waals surface area contributed by atoms with Crippen LogP contribution >= 0.6 is 0 Å². The van der Waals surface area contributed by atoms with Gasteiger partial charge >= 0.3 is 11.9 Å². The Labute approximate surface area is 183 Å². The van der Waals surface area contributed by atoms with Crippen LogP contribution in [0.15, 0.2) is 18.2 Å². The minimum atomic E-state index is -0.507. The lowest BCUT2D eigenvalue weighted by Crippen LogP contribution is -2.22. The molecule has 5 heteroatoms. The molecule has 1 aromatic heterocycles. The van der Waals surface area contributed by atoms with E-state index in [9.17, 15) is 9.59 Å². The smallest absolute Gasteiger partial charge is 0.357 e. The number of hydrogen-bond acceptors (Lipinski definition) is 5. The van der Waals surface area contributed by atoms with Crippen molar-refractivity contribution in [3.63, 3.8) is 0 Å². The summed E-state index contributed by atoms with van der Waals surface area (Å²) in [4.78, 5) is 28.6. The Morgan fingerprint density at radius 3 is 1.93 bits per heavy atom. The molecule has 5 nitrogen and oxygen atoms in total. The Kier molecular flexibility index (Phi) is 13.8. The van der Waals surface area contributed by atoms with Gasteiger partial charge in [0, 0.05) is 0 Å². The van der Waals surface area contributed by atoms with Crippen LogP contribution in [0.25, 0.3) is 0 Å². The maximum absolute atomic E-state index is 12.3. The van der Waals surface area contributed by atoms with E-state index in [0.717, 1.165) is 19.3 Å². The van der Waals surface area contributed by atoms with Gasteiger partial charge in [0.25, 0.3) is 0 Å². The molecule has 2 unspecified atom stereocenters. The highest BCUT2D eigenvalue weighted by atomic mass is 16.5. The molecule has 0 aromatic carbocycles. The second kappa shape index (κ2) is 15.9. The van der Waals surface area contributed by atoms with E-state index in [-0.39, 0.29) is 23.4 Å². The average Bonchev–Trinajstić information content (AvgIpc) is 2.76. The van der Waals surface area contributed by atoms with Crippen LogP contribution in [0, 0.1) is 5.92 Å². The molecule has 0 amide bonds. The van der Waals surface area contributed by atoms with Crippen LogP contribution in [0.3, 0.4) is 0 Å². The van der Waals surface area contributed by atoms with Crippen molar-refractivity contribution < 1.29 is 19.1 Å². The van der Waals surface area contributed by atoms with Gasteiger partial charge in [0.2, 0.25) is 0 Å². The highest BCUT2D eigenvalue weighted by molar-refractivity contribution is 5.91. The van der Waals surface area contributed by atoms with E-state index in [0.29, 0.717) is 6.61 Å². The van der Waals surface area contributed by atoms with Crippen molar-refractivity contribution in [3.8, 4) is 0 Å². The standard InChI is InChI=1S/C25H41NO4/c1-5-7-8-9-10-11-12-13-14-15-19-29-24(27)22-17-16-18-23(26-22)25(28)30-21(4)20(3)6-2/h16-18,20-21H,5-15,19H2,1-4H3. The first kappa shape index (κ1) is 26.1. The summed E-state index contributed by atoms with van der Waals surface area (Å²) in [6, 6.07) is 4.76. The van der Waals surface area contributed by atoms with Gasteiger partial charge in [0.05, 0.1) is 6.61 Å². The van der Waals surface area contributed by atoms with Gasteiger partial charge in [-0.05, 0) is 31.4 Å². The van der Waals surface area contributed by atoms with Crippen molar-refractivity contribution in [1.82, 2.24) is 4.98 Å². The van der Waals surface area contributed by atoms with E-state index in [4.69, 9.17) is 9.47 Å². The zero-order chi connectivity index (χ0) is 22.2. The fraction of sp³-hybridized carbons (Fsp3) is 0.720. The lowest BCUT2D eigenvalue weighted by atomic mass is 10.0. The van der Waals surface area contributed by atoms with E-state index in [2.05, 4.69) is 18.8 Å². The minimum absolute atomic E-state index is 0.138. The zero-order valence-electron chi connectivity index (χ0n) is 19.5. The molecular formula is C25H41NO4. The summed E-state index contributed by atoms with van der Waals surface area (Å²) >= 11 is 0. The van der Waals surface area contributed by atoms with Crippen LogP contribution in [0.2, 0.25) is 0 Å². The van der Waals surface area contributed by atoms with Gasteiger partial charge in [0.15, 0.2) is 0 Å². The van der Waals surface area contributed by atoms with Gasteiger partial charge in [-0.2, -0.15) is 0 Å². The average molecular weight is 420 g/mol. The summed E-state index contributed by atoms with van der Waals surface area (Å²) in [7, 11) is 0. The van der Waals surface area contributed by atoms with Gasteiger partial charge in [-0.25, -0.2) is 14.6 Å². The molecular weight excluding hydrogens is 378 g/mol. The first-order chi connectivity index (χ1) is 14.5. The predicted molar refractivity (Wildman–Crippen MR) is 121 cm³/mol. The van der Waals surface area contributed by atoms with E-state index in [1.54, 1.807) is 18.2 Å². The molecule has 1 rings (SSSR count). The van der Waals surface area contributed by atoms with Crippen LogP contribution < -0.4 is 0 Å². The van der Waals surface area contributed by atoms with Crippen LogP contribution in [-0.2, 0) is 9.47 Å². The quantitative estimate of drug-likeness (QED) is 0.219. The first-order valence-electron chi connectivity index (χ1n) is 11.8. The molecule has 0 saturated carbocycles. The van der Waals surface area contributed by atoms with Crippen LogP contribution in [0.4, 0.5) is 0 Å². The van der Waals surface area contributed by atoms with Gasteiger partial charge in [-0.1, -0.05) is 91.0 Å². The van der Waals surface area contributed by atoms with Crippen LogP contribution in [0.1, 0.15) is 119 Å². The zero-order valence-corrected chi connectivity index (χ0v) is 19.5. The van der Waals surface area contributed by atoms with E-state index in [1.807, 2.05) is 13.8 Å². The summed E-state index contributed by atoms with van der Waals surface area (Å²) in [6.45, 7) is 8.58.